The SMILES string of the molecule is CCCCCCc1scc(CNCC(F)F)c1C. The van der Waals surface area contributed by atoms with Gasteiger partial charge in [0.15, 0.2) is 0 Å². The van der Waals surface area contributed by atoms with Gasteiger partial charge in [0, 0.05) is 11.4 Å². The van der Waals surface area contributed by atoms with Crippen molar-refractivity contribution in [1.29, 1.82) is 0 Å². The number of aryl methyl sites for hydroxylation is 1. The minimum atomic E-state index is -2.27. The fourth-order valence-corrected chi connectivity index (χ4v) is 3.06. The molecular formula is C14H23F2NS. The van der Waals surface area contributed by atoms with Crippen LogP contribution < -0.4 is 5.32 Å². The zero-order chi connectivity index (χ0) is 13.4. The average molecular weight is 275 g/mol. The molecule has 0 aliphatic rings. The van der Waals surface area contributed by atoms with E-state index in [0.29, 0.717) is 6.54 Å². The van der Waals surface area contributed by atoms with Crippen LogP contribution in [0, 0.1) is 6.92 Å². The summed E-state index contributed by atoms with van der Waals surface area (Å²) in [5.74, 6) is 0. The van der Waals surface area contributed by atoms with Crippen molar-refractivity contribution in [3.63, 3.8) is 0 Å². The molecule has 1 N–H and O–H groups in total. The molecule has 0 atom stereocenters. The smallest absolute Gasteiger partial charge is 0.250 e. The van der Waals surface area contributed by atoms with Gasteiger partial charge in [0.1, 0.15) is 0 Å². The molecule has 0 bridgehead atoms. The Bertz CT molecular complexity index is 337. The zero-order valence-electron chi connectivity index (χ0n) is 11.3. The van der Waals surface area contributed by atoms with Gasteiger partial charge in [0.2, 0.25) is 0 Å². The van der Waals surface area contributed by atoms with Crippen LogP contribution in [0.5, 0.6) is 0 Å². The quantitative estimate of drug-likeness (QED) is 0.653. The van der Waals surface area contributed by atoms with E-state index < -0.39 is 6.43 Å². The van der Waals surface area contributed by atoms with Gasteiger partial charge in [-0.1, -0.05) is 26.2 Å². The minimum absolute atomic E-state index is 0.221. The zero-order valence-corrected chi connectivity index (χ0v) is 12.1. The molecule has 1 heterocycles. The van der Waals surface area contributed by atoms with Gasteiger partial charge in [0.05, 0.1) is 6.54 Å². The third-order valence-electron chi connectivity index (χ3n) is 3.11. The number of rotatable bonds is 9. The van der Waals surface area contributed by atoms with Crippen molar-refractivity contribution in [3.8, 4) is 0 Å². The summed E-state index contributed by atoms with van der Waals surface area (Å²) >= 11 is 1.77. The van der Waals surface area contributed by atoms with Crippen molar-refractivity contribution in [1.82, 2.24) is 5.32 Å². The largest absolute Gasteiger partial charge is 0.307 e. The van der Waals surface area contributed by atoms with E-state index in [2.05, 4.69) is 24.5 Å². The van der Waals surface area contributed by atoms with Gasteiger partial charge in [-0.25, -0.2) is 8.78 Å². The molecule has 104 valence electrons. The molecule has 0 spiro atoms. The van der Waals surface area contributed by atoms with Gasteiger partial charge in [-0.05, 0) is 36.3 Å². The molecule has 1 aromatic rings. The molecule has 0 radical (unpaired) electrons. The van der Waals surface area contributed by atoms with Crippen LogP contribution in [0.4, 0.5) is 8.78 Å². The molecule has 0 aromatic carbocycles. The maximum Gasteiger partial charge on any atom is 0.250 e. The van der Waals surface area contributed by atoms with Crippen LogP contribution in [0.25, 0.3) is 0 Å². The normalized spacial score (nSPS) is 11.4. The summed E-state index contributed by atoms with van der Waals surface area (Å²) in [7, 11) is 0. The number of hydrogen-bond donors (Lipinski definition) is 1. The summed E-state index contributed by atoms with van der Waals surface area (Å²) < 4.78 is 24.0. The highest BCUT2D eigenvalue weighted by atomic mass is 32.1. The maximum atomic E-state index is 12.0. The van der Waals surface area contributed by atoms with Crippen LogP contribution in [0.2, 0.25) is 0 Å². The highest BCUT2D eigenvalue weighted by Crippen LogP contribution is 2.24. The van der Waals surface area contributed by atoms with Crippen LogP contribution in [-0.4, -0.2) is 13.0 Å². The van der Waals surface area contributed by atoms with Crippen LogP contribution >= 0.6 is 11.3 Å². The van der Waals surface area contributed by atoms with Gasteiger partial charge >= 0.3 is 0 Å². The number of halogens is 2. The monoisotopic (exact) mass is 275 g/mol. The van der Waals surface area contributed by atoms with Crippen LogP contribution in [0.15, 0.2) is 5.38 Å². The van der Waals surface area contributed by atoms with Gasteiger partial charge in [-0.3, -0.25) is 0 Å². The van der Waals surface area contributed by atoms with Crippen molar-refractivity contribution >= 4 is 11.3 Å². The minimum Gasteiger partial charge on any atom is -0.307 e. The average Bonchev–Trinajstić information content (AvgIpc) is 2.67. The number of thiophene rings is 1. The second-order valence-electron chi connectivity index (χ2n) is 4.64. The first-order valence-electron chi connectivity index (χ1n) is 6.69. The Kier molecular flexibility index (Phi) is 7.44. The van der Waals surface area contributed by atoms with E-state index >= 15 is 0 Å². The van der Waals surface area contributed by atoms with Gasteiger partial charge < -0.3 is 5.32 Å². The molecule has 0 aliphatic heterocycles. The third-order valence-corrected chi connectivity index (χ3v) is 4.31. The Morgan fingerprint density at radius 3 is 2.72 bits per heavy atom. The van der Waals surface area contributed by atoms with Crippen molar-refractivity contribution in [2.45, 2.75) is 58.9 Å². The predicted octanol–water partition coefficient (Wildman–Crippen LogP) is 4.53. The molecule has 18 heavy (non-hydrogen) atoms. The topological polar surface area (TPSA) is 12.0 Å². The molecule has 0 fully saturated rings. The number of alkyl halides is 2. The molecule has 1 aromatic heterocycles. The lowest BCUT2D eigenvalue weighted by molar-refractivity contribution is 0.145. The van der Waals surface area contributed by atoms with E-state index in [9.17, 15) is 8.78 Å². The fourth-order valence-electron chi connectivity index (χ4n) is 1.95. The second kappa shape index (κ2) is 8.59. The number of unbranched alkanes of at least 4 members (excludes halogenated alkanes) is 3. The molecule has 0 amide bonds. The summed E-state index contributed by atoms with van der Waals surface area (Å²) in [5.41, 5.74) is 2.46. The molecule has 1 nitrogen and oxygen atoms in total. The molecule has 1 rings (SSSR count). The Morgan fingerprint density at radius 2 is 2.06 bits per heavy atom. The maximum absolute atomic E-state index is 12.0. The standard InChI is InChI=1S/C14H23F2NS/c1-3-4-5-6-7-13-11(2)12(10-18-13)8-17-9-14(15)16/h10,14,17H,3-9H2,1-2H3. The number of hydrogen-bond acceptors (Lipinski definition) is 2. The van der Waals surface area contributed by atoms with Crippen molar-refractivity contribution in [2.75, 3.05) is 6.54 Å². The lowest BCUT2D eigenvalue weighted by Crippen LogP contribution is -2.20. The van der Waals surface area contributed by atoms with Crippen LogP contribution in [0.1, 0.15) is 48.6 Å². The Labute approximate surface area is 113 Å². The molecule has 0 saturated heterocycles. The fraction of sp³-hybridized carbons (Fsp3) is 0.714. The first-order valence-corrected chi connectivity index (χ1v) is 7.57. The number of nitrogens with one attached hydrogen (secondary N) is 1. The van der Waals surface area contributed by atoms with Crippen molar-refractivity contribution in [2.24, 2.45) is 0 Å². The molecule has 0 saturated carbocycles. The van der Waals surface area contributed by atoms with E-state index in [1.807, 2.05) is 0 Å². The van der Waals surface area contributed by atoms with Gasteiger partial charge in [-0.15, -0.1) is 11.3 Å². The van der Waals surface area contributed by atoms with E-state index in [0.717, 1.165) is 6.42 Å². The Morgan fingerprint density at radius 1 is 1.28 bits per heavy atom. The molecule has 0 aliphatic carbocycles. The predicted molar refractivity (Wildman–Crippen MR) is 74.6 cm³/mol. The molecule has 4 heteroatoms. The Balaban J connectivity index is 2.35. The molecular weight excluding hydrogens is 252 g/mol. The first-order chi connectivity index (χ1) is 8.65. The lowest BCUT2D eigenvalue weighted by atomic mass is 10.1. The highest BCUT2D eigenvalue weighted by molar-refractivity contribution is 7.10. The van der Waals surface area contributed by atoms with Crippen LogP contribution in [0.3, 0.4) is 0 Å². The highest BCUT2D eigenvalue weighted by Gasteiger charge is 2.08. The summed E-state index contributed by atoms with van der Waals surface area (Å²) in [5, 5.41) is 4.89. The first kappa shape index (κ1) is 15.6. The van der Waals surface area contributed by atoms with Crippen LogP contribution in [-0.2, 0) is 13.0 Å². The summed E-state index contributed by atoms with van der Waals surface area (Å²) in [6.45, 7) is 4.65. The van der Waals surface area contributed by atoms with E-state index in [-0.39, 0.29) is 6.54 Å². The second-order valence-corrected chi connectivity index (χ2v) is 5.61. The summed E-state index contributed by atoms with van der Waals surface area (Å²) in [6.07, 6.45) is 3.94. The summed E-state index contributed by atoms with van der Waals surface area (Å²) in [6, 6.07) is 0. The molecule has 0 unspecified atom stereocenters. The lowest BCUT2D eigenvalue weighted by Gasteiger charge is -2.04. The summed E-state index contributed by atoms with van der Waals surface area (Å²) in [4.78, 5) is 1.42. The van der Waals surface area contributed by atoms with E-state index in [1.54, 1.807) is 11.3 Å². The van der Waals surface area contributed by atoms with Gasteiger partial charge in [-0.2, -0.15) is 0 Å². The van der Waals surface area contributed by atoms with Gasteiger partial charge in [0.25, 0.3) is 6.43 Å². The van der Waals surface area contributed by atoms with E-state index in [4.69, 9.17) is 0 Å². The third kappa shape index (κ3) is 5.44. The van der Waals surface area contributed by atoms with E-state index in [1.165, 1.54) is 41.7 Å². The Hall–Kier alpha value is -0.480. The van der Waals surface area contributed by atoms with Crippen molar-refractivity contribution < 1.29 is 8.78 Å². The van der Waals surface area contributed by atoms with Crippen molar-refractivity contribution in [3.05, 3.63) is 21.4 Å².